The van der Waals surface area contributed by atoms with Crippen LogP contribution in [-0.4, -0.2) is 6.18 Å². The van der Waals surface area contributed by atoms with E-state index in [0.717, 1.165) is 0 Å². The van der Waals surface area contributed by atoms with E-state index in [2.05, 4.69) is 0 Å². The maximum Gasteiger partial charge on any atom is 0.389 e. The molecule has 0 aliphatic heterocycles. The van der Waals surface area contributed by atoms with Crippen molar-refractivity contribution in [1.82, 2.24) is 0 Å². The van der Waals surface area contributed by atoms with Crippen LogP contribution in [-0.2, 0) is 6.42 Å². The van der Waals surface area contributed by atoms with Crippen molar-refractivity contribution in [2.24, 2.45) is 0 Å². The smallest absolute Gasteiger partial charge is 0.207 e. The fraction of sp³-hybridized carbons (Fsp3) is 0.400. The summed E-state index contributed by atoms with van der Waals surface area (Å²) in [6.45, 7) is 0. The normalized spacial score (nSPS) is 11.7. The molecule has 1 aromatic carbocycles. The zero-order valence-corrected chi connectivity index (χ0v) is 7.44. The van der Waals surface area contributed by atoms with E-state index in [1.165, 1.54) is 18.2 Å². The first-order valence-corrected chi connectivity index (χ1v) is 4.29. The minimum absolute atomic E-state index is 0.0650. The molecule has 0 nitrogen and oxygen atoms in total. The van der Waals surface area contributed by atoms with E-state index in [1.54, 1.807) is 6.07 Å². The second-order valence-electron chi connectivity index (χ2n) is 3.06. The van der Waals surface area contributed by atoms with Crippen LogP contribution >= 0.6 is 0 Å². The molecule has 0 radical (unpaired) electrons. The van der Waals surface area contributed by atoms with Crippen LogP contribution in [0.1, 0.15) is 18.4 Å². The molecule has 0 aliphatic rings. The summed E-state index contributed by atoms with van der Waals surface area (Å²) in [5.74, 6) is -0.435. The van der Waals surface area contributed by atoms with E-state index in [-0.39, 0.29) is 12.8 Å². The zero-order valence-electron chi connectivity index (χ0n) is 7.44. The number of hydrogen-bond donors (Lipinski definition) is 0. The molecule has 0 aromatic heterocycles. The van der Waals surface area contributed by atoms with Gasteiger partial charge < -0.3 is 0 Å². The average Bonchev–Trinajstić information content (AvgIpc) is 2.06. The Morgan fingerprint density at radius 3 is 2.29 bits per heavy atom. The van der Waals surface area contributed by atoms with Gasteiger partial charge in [-0.15, -0.1) is 0 Å². The molecular formula is C10H10F4. The third-order valence-electron chi connectivity index (χ3n) is 1.86. The maximum absolute atomic E-state index is 12.9. The van der Waals surface area contributed by atoms with Gasteiger partial charge >= 0.3 is 6.18 Å². The Hall–Kier alpha value is -1.06. The van der Waals surface area contributed by atoms with Crippen LogP contribution in [0.2, 0.25) is 0 Å². The van der Waals surface area contributed by atoms with Crippen LogP contribution in [0, 0.1) is 5.82 Å². The lowest BCUT2D eigenvalue weighted by Crippen LogP contribution is -2.07. The Morgan fingerprint density at radius 1 is 1.07 bits per heavy atom. The molecule has 1 aromatic rings. The molecule has 0 amide bonds. The van der Waals surface area contributed by atoms with Gasteiger partial charge in [0, 0.05) is 6.42 Å². The predicted octanol–water partition coefficient (Wildman–Crippen LogP) is 3.71. The van der Waals surface area contributed by atoms with Gasteiger partial charge in [-0.05, 0) is 24.5 Å². The van der Waals surface area contributed by atoms with Gasteiger partial charge in [0.15, 0.2) is 0 Å². The molecule has 0 unspecified atom stereocenters. The van der Waals surface area contributed by atoms with Crippen molar-refractivity contribution in [3.63, 3.8) is 0 Å². The molecule has 0 N–H and O–H groups in total. The van der Waals surface area contributed by atoms with Crippen molar-refractivity contribution >= 4 is 0 Å². The summed E-state index contributed by atoms with van der Waals surface area (Å²) in [6, 6.07) is 5.89. The fourth-order valence-corrected chi connectivity index (χ4v) is 1.18. The summed E-state index contributed by atoms with van der Waals surface area (Å²) < 4.78 is 48.2. The van der Waals surface area contributed by atoms with Gasteiger partial charge in [0.05, 0.1) is 0 Å². The van der Waals surface area contributed by atoms with E-state index < -0.39 is 18.4 Å². The number of hydrogen-bond acceptors (Lipinski definition) is 0. The largest absolute Gasteiger partial charge is 0.389 e. The summed E-state index contributed by atoms with van der Waals surface area (Å²) in [4.78, 5) is 0. The molecule has 0 atom stereocenters. The number of halogens is 4. The molecule has 0 heterocycles. The van der Waals surface area contributed by atoms with Crippen LogP contribution in [0.25, 0.3) is 0 Å². The Balaban J connectivity index is 2.43. The molecule has 0 bridgehead atoms. The number of rotatable bonds is 3. The summed E-state index contributed by atoms with van der Waals surface area (Å²) in [7, 11) is 0. The highest BCUT2D eigenvalue weighted by atomic mass is 19.4. The van der Waals surface area contributed by atoms with Gasteiger partial charge in [-0.2, -0.15) is 13.2 Å². The Labute approximate surface area is 79.6 Å². The predicted molar refractivity (Wildman–Crippen MR) is 45.4 cm³/mol. The lowest BCUT2D eigenvalue weighted by molar-refractivity contribution is -0.135. The summed E-state index contributed by atoms with van der Waals surface area (Å²) >= 11 is 0. The van der Waals surface area contributed by atoms with Crippen LogP contribution in [0.4, 0.5) is 17.6 Å². The SMILES string of the molecule is Fc1ccccc1CCCC(F)(F)F. The van der Waals surface area contributed by atoms with Crippen molar-refractivity contribution in [2.45, 2.75) is 25.4 Å². The highest BCUT2D eigenvalue weighted by molar-refractivity contribution is 5.17. The first-order valence-electron chi connectivity index (χ1n) is 4.29. The standard InChI is InChI=1S/C10H10F4/c11-9-6-2-1-4-8(9)5-3-7-10(12,13)14/h1-2,4,6H,3,5,7H2. The number of aryl methyl sites for hydroxylation is 1. The highest BCUT2D eigenvalue weighted by Crippen LogP contribution is 2.22. The molecule has 0 saturated carbocycles. The van der Waals surface area contributed by atoms with Gasteiger partial charge in [-0.25, -0.2) is 4.39 Å². The van der Waals surface area contributed by atoms with Crippen molar-refractivity contribution in [3.8, 4) is 0 Å². The summed E-state index contributed by atoms with van der Waals surface area (Å²) in [6.07, 6.45) is -4.94. The van der Waals surface area contributed by atoms with E-state index >= 15 is 0 Å². The third-order valence-corrected chi connectivity index (χ3v) is 1.86. The quantitative estimate of drug-likeness (QED) is 0.661. The maximum atomic E-state index is 12.9. The van der Waals surface area contributed by atoms with Crippen molar-refractivity contribution < 1.29 is 17.6 Å². The number of benzene rings is 1. The van der Waals surface area contributed by atoms with Crippen LogP contribution in [0.3, 0.4) is 0 Å². The van der Waals surface area contributed by atoms with E-state index in [4.69, 9.17) is 0 Å². The lowest BCUT2D eigenvalue weighted by atomic mass is 10.1. The minimum atomic E-state index is -4.15. The van der Waals surface area contributed by atoms with Gasteiger partial charge in [0.25, 0.3) is 0 Å². The first-order chi connectivity index (χ1) is 6.49. The summed E-state index contributed by atoms with van der Waals surface area (Å²) in [5, 5.41) is 0. The highest BCUT2D eigenvalue weighted by Gasteiger charge is 2.26. The lowest BCUT2D eigenvalue weighted by Gasteiger charge is -2.06. The third kappa shape index (κ3) is 3.77. The van der Waals surface area contributed by atoms with Crippen molar-refractivity contribution in [1.29, 1.82) is 0 Å². The van der Waals surface area contributed by atoms with Gasteiger partial charge in [-0.3, -0.25) is 0 Å². The molecule has 4 heteroatoms. The topological polar surface area (TPSA) is 0 Å². The number of alkyl halides is 3. The van der Waals surface area contributed by atoms with Crippen molar-refractivity contribution in [3.05, 3.63) is 35.6 Å². The summed E-state index contributed by atoms with van der Waals surface area (Å²) in [5.41, 5.74) is 0.344. The Morgan fingerprint density at radius 2 is 1.71 bits per heavy atom. The van der Waals surface area contributed by atoms with Crippen LogP contribution in [0.5, 0.6) is 0 Å². The molecular weight excluding hydrogens is 196 g/mol. The van der Waals surface area contributed by atoms with Crippen LogP contribution in [0.15, 0.2) is 24.3 Å². The molecule has 0 aliphatic carbocycles. The first kappa shape index (κ1) is 11.0. The molecule has 78 valence electrons. The van der Waals surface area contributed by atoms with E-state index in [9.17, 15) is 17.6 Å². The molecule has 0 fully saturated rings. The van der Waals surface area contributed by atoms with Crippen molar-refractivity contribution in [2.75, 3.05) is 0 Å². The monoisotopic (exact) mass is 206 g/mol. The van der Waals surface area contributed by atoms with E-state index in [0.29, 0.717) is 5.56 Å². The zero-order chi connectivity index (χ0) is 10.6. The van der Waals surface area contributed by atoms with Gasteiger partial charge in [0.1, 0.15) is 5.82 Å². The van der Waals surface area contributed by atoms with Gasteiger partial charge in [-0.1, -0.05) is 18.2 Å². The Kier molecular flexibility index (Phi) is 3.49. The molecule has 1 rings (SSSR count). The second kappa shape index (κ2) is 4.44. The van der Waals surface area contributed by atoms with E-state index in [1.807, 2.05) is 0 Å². The second-order valence-corrected chi connectivity index (χ2v) is 3.06. The minimum Gasteiger partial charge on any atom is -0.207 e. The van der Waals surface area contributed by atoms with Crippen LogP contribution < -0.4 is 0 Å². The fourth-order valence-electron chi connectivity index (χ4n) is 1.18. The molecule has 0 saturated heterocycles. The molecule has 0 spiro atoms. The molecule has 14 heavy (non-hydrogen) atoms. The Bertz CT molecular complexity index is 290. The van der Waals surface area contributed by atoms with Gasteiger partial charge in [0.2, 0.25) is 0 Å². The average molecular weight is 206 g/mol.